The number of hydrogen-bond donors (Lipinski definition) is 0. The molecule has 0 amide bonds. The number of fused-ring (bicyclic) bond motifs is 3. The van der Waals surface area contributed by atoms with Crippen LogP contribution in [0, 0.1) is 6.92 Å². The molecule has 7 nitrogen and oxygen atoms in total. The van der Waals surface area contributed by atoms with Gasteiger partial charge in [-0.2, -0.15) is 5.10 Å². The summed E-state index contributed by atoms with van der Waals surface area (Å²) < 4.78 is 8.48. The summed E-state index contributed by atoms with van der Waals surface area (Å²) >= 11 is 0. The summed E-state index contributed by atoms with van der Waals surface area (Å²) in [6.45, 7) is 1.92. The van der Waals surface area contributed by atoms with E-state index < -0.39 is 0 Å². The molecule has 29 heavy (non-hydrogen) atoms. The topological polar surface area (TPSA) is 74.3 Å². The molecule has 3 heterocycles. The molecule has 0 atom stereocenters. The Balaban J connectivity index is 1.74. The molecule has 0 radical (unpaired) electrons. The van der Waals surface area contributed by atoms with Crippen molar-refractivity contribution in [2.75, 3.05) is 7.11 Å². The maximum Gasteiger partial charge on any atom is 0.285 e. The highest BCUT2D eigenvalue weighted by Crippen LogP contribution is 2.29. The highest BCUT2D eigenvalue weighted by Gasteiger charge is 2.17. The van der Waals surface area contributed by atoms with E-state index in [0.717, 1.165) is 28.3 Å². The molecule has 0 N–H and O–H groups in total. The van der Waals surface area contributed by atoms with Crippen molar-refractivity contribution in [3.63, 3.8) is 0 Å². The van der Waals surface area contributed by atoms with E-state index in [1.165, 1.54) is 0 Å². The third-order valence-corrected chi connectivity index (χ3v) is 4.97. The number of pyridine rings is 1. The van der Waals surface area contributed by atoms with Gasteiger partial charge in [-0.25, -0.2) is 4.52 Å². The minimum absolute atomic E-state index is 0.234. The van der Waals surface area contributed by atoms with Crippen molar-refractivity contribution in [1.82, 2.24) is 24.4 Å². The molecule has 0 bridgehead atoms. The lowest BCUT2D eigenvalue weighted by Crippen LogP contribution is -2.20. The first kappa shape index (κ1) is 17.1. The standard InChI is InChI=1S/C22H17N5O2/c1-14-19(15-8-10-17(29-2)11-9-15)21-24-23-20-18(27(21)25-14)12-13-26(22(20)28)16-6-4-3-5-7-16/h3-13H,1-2H3. The van der Waals surface area contributed by atoms with Gasteiger partial charge in [0.1, 0.15) is 11.3 Å². The van der Waals surface area contributed by atoms with Gasteiger partial charge >= 0.3 is 0 Å². The summed E-state index contributed by atoms with van der Waals surface area (Å²) in [6.07, 6.45) is 1.74. The minimum Gasteiger partial charge on any atom is -0.497 e. The van der Waals surface area contributed by atoms with Gasteiger partial charge in [-0.1, -0.05) is 30.3 Å². The van der Waals surface area contributed by atoms with Crippen molar-refractivity contribution < 1.29 is 4.74 Å². The number of rotatable bonds is 3. The van der Waals surface area contributed by atoms with Crippen molar-refractivity contribution in [3.05, 3.63) is 82.9 Å². The molecule has 0 fully saturated rings. The van der Waals surface area contributed by atoms with Crippen LogP contribution >= 0.6 is 0 Å². The molecule has 0 aliphatic rings. The fourth-order valence-corrected chi connectivity index (χ4v) is 3.54. The number of nitrogens with zero attached hydrogens (tertiary/aromatic N) is 5. The Hall–Kier alpha value is -4.00. The van der Waals surface area contributed by atoms with Gasteiger partial charge in [0.05, 0.1) is 18.4 Å². The first-order valence-electron chi connectivity index (χ1n) is 9.14. The maximum atomic E-state index is 13.0. The van der Waals surface area contributed by atoms with Gasteiger partial charge in [0.15, 0.2) is 11.2 Å². The number of ether oxygens (including phenoxy) is 1. The lowest BCUT2D eigenvalue weighted by Gasteiger charge is -2.07. The van der Waals surface area contributed by atoms with Gasteiger partial charge in [0.2, 0.25) is 0 Å². The van der Waals surface area contributed by atoms with E-state index in [4.69, 9.17) is 4.74 Å². The van der Waals surface area contributed by atoms with E-state index in [1.807, 2.05) is 67.6 Å². The first-order chi connectivity index (χ1) is 14.2. The summed E-state index contributed by atoms with van der Waals surface area (Å²) in [6, 6.07) is 19.0. The van der Waals surface area contributed by atoms with E-state index in [9.17, 15) is 4.79 Å². The van der Waals surface area contributed by atoms with E-state index in [-0.39, 0.29) is 11.1 Å². The molecule has 0 spiro atoms. The number of aryl methyl sites for hydroxylation is 1. The third-order valence-electron chi connectivity index (χ3n) is 4.97. The smallest absolute Gasteiger partial charge is 0.285 e. The predicted molar refractivity (Wildman–Crippen MR) is 111 cm³/mol. The van der Waals surface area contributed by atoms with Crippen molar-refractivity contribution in [2.45, 2.75) is 6.92 Å². The van der Waals surface area contributed by atoms with Crippen LogP contribution in [-0.2, 0) is 0 Å². The zero-order chi connectivity index (χ0) is 20.0. The normalized spacial score (nSPS) is 11.2. The summed E-state index contributed by atoms with van der Waals surface area (Å²) in [5.74, 6) is 0.779. The van der Waals surface area contributed by atoms with Gasteiger partial charge in [0.25, 0.3) is 5.56 Å². The number of benzene rings is 2. The van der Waals surface area contributed by atoms with Crippen molar-refractivity contribution >= 4 is 16.7 Å². The average Bonchev–Trinajstić information content (AvgIpc) is 3.11. The second-order valence-corrected chi connectivity index (χ2v) is 6.68. The van der Waals surface area contributed by atoms with Crippen LogP contribution in [0.25, 0.3) is 33.5 Å². The lowest BCUT2D eigenvalue weighted by molar-refractivity contribution is 0.415. The average molecular weight is 383 g/mol. The quantitative estimate of drug-likeness (QED) is 0.477. The van der Waals surface area contributed by atoms with Crippen LogP contribution in [0.1, 0.15) is 5.69 Å². The molecule has 2 aromatic carbocycles. The Kier molecular flexibility index (Phi) is 3.87. The Morgan fingerprint density at radius 1 is 0.931 bits per heavy atom. The van der Waals surface area contributed by atoms with Crippen molar-refractivity contribution in [3.8, 4) is 22.6 Å². The summed E-state index contributed by atoms with van der Waals surface area (Å²) in [5.41, 5.74) is 4.70. The lowest BCUT2D eigenvalue weighted by atomic mass is 10.1. The second-order valence-electron chi connectivity index (χ2n) is 6.68. The summed E-state index contributed by atoms with van der Waals surface area (Å²) in [5, 5.41) is 13.2. The van der Waals surface area contributed by atoms with Crippen molar-refractivity contribution in [1.29, 1.82) is 0 Å². The van der Waals surface area contributed by atoms with Crippen LogP contribution in [-0.4, -0.2) is 31.5 Å². The maximum absolute atomic E-state index is 13.0. The number of aromatic nitrogens is 5. The van der Waals surface area contributed by atoms with E-state index in [2.05, 4.69) is 15.3 Å². The molecule has 7 heteroatoms. The van der Waals surface area contributed by atoms with Gasteiger partial charge in [-0.15, -0.1) is 10.2 Å². The van der Waals surface area contributed by atoms with E-state index in [0.29, 0.717) is 11.2 Å². The fraction of sp³-hybridized carbons (Fsp3) is 0.0909. The number of para-hydroxylation sites is 1. The Morgan fingerprint density at radius 3 is 2.41 bits per heavy atom. The SMILES string of the molecule is COc1ccc(-c2c(C)nn3c2nnc2c(=O)n(-c4ccccc4)ccc23)cc1. The molecule has 142 valence electrons. The van der Waals surface area contributed by atoms with Crippen LogP contribution in [0.5, 0.6) is 5.75 Å². The zero-order valence-corrected chi connectivity index (χ0v) is 15.9. The highest BCUT2D eigenvalue weighted by atomic mass is 16.5. The van der Waals surface area contributed by atoms with Crippen LogP contribution in [0.3, 0.4) is 0 Å². The molecule has 0 unspecified atom stereocenters. The monoisotopic (exact) mass is 383 g/mol. The largest absolute Gasteiger partial charge is 0.497 e. The van der Waals surface area contributed by atoms with Crippen LogP contribution in [0.2, 0.25) is 0 Å². The van der Waals surface area contributed by atoms with E-state index in [1.54, 1.807) is 22.4 Å². The number of hydrogen-bond acceptors (Lipinski definition) is 5. The molecule has 5 rings (SSSR count). The van der Waals surface area contributed by atoms with Gasteiger partial charge < -0.3 is 4.74 Å². The van der Waals surface area contributed by atoms with Gasteiger partial charge in [-0.3, -0.25) is 9.36 Å². The van der Waals surface area contributed by atoms with Crippen molar-refractivity contribution in [2.24, 2.45) is 0 Å². The summed E-state index contributed by atoms with van der Waals surface area (Å²) in [7, 11) is 1.63. The second kappa shape index (κ2) is 6.56. The van der Waals surface area contributed by atoms with Gasteiger partial charge in [-0.05, 0) is 42.8 Å². The molecule has 0 saturated carbocycles. The Labute approximate surface area is 165 Å². The molecule has 5 aromatic rings. The molecule has 3 aromatic heterocycles. The molecule has 0 saturated heterocycles. The Bertz CT molecular complexity index is 1400. The molecular formula is C22H17N5O2. The highest BCUT2D eigenvalue weighted by molar-refractivity contribution is 5.84. The predicted octanol–water partition coefficient (Wildman–Crippen LogP) is 3.41. The molecule has 0 aliphatic carbocycles. The van der Waals surface area contributed by atoms with E-state index >= 15 is 0 Å². The first-order valence-corrected chi connectivity index (χ1v) is 9.14. The number of methoxy groups -OCH3 is 1. The minimum atomic E-state index is -0.234. The van der Waals surface area contributed by atoms with Crippen LogP contribution < -0.4 is 10.3 Å². The fourth-order valence-electron chi connectivity index (χ4n) is 3.54. The zero-order valence-electron chi connectivity index (χ0n) is 15.9. The molecular weight excluding hydrogens is 366 g/mol. The summed E-state index contributed by atoms with van der Waals surface area (Å²) in [4.78, 5) is 13.0. The molecule has 0 aliphatic heterocycles. The van der Waals surface area contributed by atoms with Gasteiger partial charge in [0, 0.05) is 11.9 Å². The Morgan fingerprint density at radius 2 is 1.69 bits per heavy atom. The third kappa shape index (κ3) is 2.67. The van der Waals surface area contributed by atoms with Crippen LogP contribution in [0.15, 0.2) is 71.7 Å². The van der Waals surface area contributed by atoms with Crippen LogP contribution in [0.4, 0.5) is 0 Å².